The summed E-state index contributed by atoms with van der Waals surface area (Å²) in [6, 6.07) is 21.8. The van der Waals surface area contributed by atoms with Crippen molar-refractivity contribution in [3.63, 3.8) is 0 Å². The molecule has 1 aromatic heterocycles. The van der Waals surface area contributed by atoms with Gasteiger partial charge in [-0.25, -0.2) is 0 Å². The quantitative estimate of drug-likeness (QED) is 0.759. The average molecular weight is 318 g/mol. The molecule has 4 nitrogen and oxygen atoms in total. The molecule has 2 aromatic carbocycles. The zero-order valence-electron chi connectivity index (χ0n) is 13.1. The second-order valence-electron chi connectivity index (χ2n) is 5.51. The van der Waals surface area contributed by atoms with Gasteiger partial charge in [-0.2, -0.15) is 0 Å². The van der Waals surface area contributed by atoms with Gasteiger partial charge in [0.1, 0.15) is 5.75 Å². The predicted octanol–water partition coefficient (Wildman–Crippen LogP) is 3.24. The Balaban J connectivity index is 1.79. The average Bonchev–Trinajstić information content (AvgIpc) is 2.63. The van der Waals surface area contributed by atoms with E-state index < -0.39 is 0 Å². The lowest BCUT2D eigenvalue weighted by Gasteiger charge is -2.19. The summed E-state index contributed by atoms with van der Waals surface area (Å²) in [4.78, 5) is 16.8. The number of rotatable bonds is 5. The van der Waals surface area contributed by atoms with E-state index in [1.807, 2.05) is 48.5 Å². The summed E-state index contributed by atoms with van der Waals surface area (Å²) in [7, 11) is 0. The van der Waals surface area contributed by atoms with Gasteiger partial charge in [0.2, 0.25) is 5.91 Å². The van der Waals surface area contributed by atoms with Crippen molar-refractivity contribution in [1.29, 1.82) is 0 Å². The first-order chi connectivity index (χ1) is 11.7. The normalized spacial score (nSPS) is 11.7. The van der Waals surface area contributed by atoms with E-state index in [0.717, 1.165) is 16.8 Å². The number of phenolic OH excluding ortho intramolecular Hbond substituents is 1. The van der Waals surface area contributed by atoms with Gasteiger partial charge in [-0.15, -0.1) is 0 Å². The number of aromatic hydroxyl groups is 1. The van der Waals surface area contributed by atoms with Gasteiger partial charge in [0, 0.05) is 6.20 Å². The highest BCUT2D eigenvalue weighted by atomic mass is 16.3. The van der Waals surface area contributed by atoms with Crippen LogP contribution in [-0.4, -0.2) is 16.0 Å². The maximum Gasteiger partial charge on any atom is 0.225 e. The second-order valence-corrected chi connectivity index (χ2v) is 5.51. The Labute approximate surface area is 140 Å². The molecule has 0 saturated heterocycles. The van der Waals surface area contributed by atoms with Crippen LogP contribution in [0.15, 0.2) is 79.0 Å². The van der Waals surface area contributed by atoms with Crippen LogP contribution in [0.1, 0.15) is 22.9 Å². The van der Waals surface area contributed by atoms with E-state index in [2.05, 4.69) is 10.3 Å². The first kappa shape index (κ1) is 15.7. The molecule has 1 atom stereocenters. The lowest BCUT2D eigenvalue weighted by Crippen LogP contribution is -2.31. The fourth-order valence-electron chi connectivity index (χ4n) is 2.53. The van der Waals surface area contributed by atoms with E-state index in [-0.39, 0.29) is 24.1 Å². The number of pyridine rings is 1. The number of nitrogens with one attached hydrogen (secondary N) is 1. The molecule has 1 amide bonds. The van der Waals surface area contributed by atoms with Gasteiger partial charge in [-0.1, -0.05) is 48.5 Å². The fourth-order valence-corrected chi connectivity index (χ4v) is 2.53. The molecule has 0 aliphatic rings. The minimum atomic E-state index is -0.294. The summed E-state index contributed by atoms with van der Waals surface area (Å²) in [6.45, 7) is 0. The summed E-state index contributed by atoms with van der Waals surface area (Å²) in [5.74, 6) is 0.0926. The van der Waals surface area contributed by atoms with Crippen LogP contribution in [0.4, 0.5) is 0 Å². The molecule has 120 valence electrons. The molecule has 0 fully saturated rings. The zero-order chi connectivity index (χ0) is 16.8. The number of hydrogen-bond donors (Lipinski definition) is 2. The van der Waals surface area contributed by atoms with E-state index in [4.69, 9.17) is 0 Å². The highest BCUT2D eigenvalue weighted by Gasteiger charge is 2.17. The largest absolute Gasteiger partial charge is 0.508 e. The number of carbonyl (C=O) groups excluding carboxylic acids is 1. The van der Waals surface area contributed by atoms with Crippen LogP contribution >= 0.6 is 0 Å². The Bertz CT molecular complexity index is 747. The third kappa shape index (κ3) is 3.98. The minimum Gasteiger partial charge on any atom is -0.508 e. The standard InChI is InChI=1S/C20H18N2O2/c23-17-11-9-15(10-12-17)14-19(24)22-20(16-6-2-1-3-7-16)18-8-4-5-13-21-18/h1-13,20,23H,14H2,(H,22,24). The summed E-state index contributed by atoms with van der Waals surface area (Å²) in [5, 5.41) is 12.4. The third-order valence-corrected chi connectivity index (χ3v) is 3.72. The first-order valence-electron chi connectivity index (χ1n) is 7.75. The van der Waals surface area contributed by atoms with Crippen LogP contribution in [0.25, 0.3) is 0 Å². The van der Waals surface area contributed by atoms with Crippen molar-refractivity contribution in [3.05, 3.63) is 95.8 Å². The summed E-state index contributed by atoms with van der Waals surface area (Å²) in [5.41, 5.74) is 2.62. The number of benzene rings is 2. The number of carbonyl (C=O) groups is 1. The lowest BCUT2D eigenvalue weighted by molar-refractivity contribution is -0.121. The summed E-state index contributed by atoms with van der Waals surface area (Å²) >= 11 is 0. The number of aromatic nitrogens is 1. The Morgan fingerprint density at radius 1 is 0.958 bits per heavy atom. The molecule has 2 N–H and O–H groups in total. The van der Waals surface area contributed by atoms with Crippen molar-refractivity contribution in [2.24, 2.45) is 0 Å². The fraction of sp³-hybridized carbons (Fsp3) is 0.100. The molecular formula is C20H18N2O2. The second kappa shape index (κ2) is 7.42. The number of hydrogen-bond acceptors (Lipinski definition) is 3. The molecule has 0 saturated carbocycles. The Morgan fingerprint density at radius 3 is 2.33 bits per heavy atom. The van der Waals surface area contributed by atoms with Crippen molar-refractivity contribution < 1.29 is 9.90 Å². The SMILES string of the molecule is O=C(Cc1ccc(O)cc1)NC(c1ccccc1)c1ccccn1. The van der Waals surface area contributed by atoms with Crippen molar-refractivity contribution in [3.8, 4) is 5.75 Å². The van der Waals surface area contributed by atoms with E-state index in [1.165, 1.54) is 0 Å². The first-order valence-corrected chi connectivity index (χ1v) is 7.75. The van der Waals surface area contributed by atoms with Gasteiger partial charge >= 0.3 is 0 Å². The molecule has 1 unspecified atom stereocenters. The third-order valence-electron chi connectivity index (χ3n) is 3.72. The van der Waals surface area contributed by atoms with Gasteiger partial charge in [-0.05, 0) is 35.4 Å². The number of amides is 1. The van der Waals surface area contributed by atoms with Crippen LogP contribution in [-0.2, 0) is 11.2 Å². The molecule has 3 aromatic rings. The van der Waals surface area contributed by atoms with Crippen molar-refractivity contribution in [1.82, 2.24) is 10.3 Å². The molecule has 0 bridgehead atoms. The van der Waals surface area contributed by atoms with Gasteiger partial charge in [0.05, 0.1) is 18.2 Å². The molecular weight excluding hydrogens is 300 g/mol. The molecule has 0 spiro atoms. The minimum absolute atomic E-state index is 0.0970. The van der Waals surface area contributed by atoms with E-state index in [0.29, 0.717) is 0 Å². The van der Waals surface area contributed by atoms with E-state index in [9.17, 15) is 9.90 Å². The Morgan fingerprint density at radius 2 is 1.67 bits per heavy atom. The summed E-state index contributed by atoms with van der Waals surface area (Å²) in [6.07, 6.45) is 1.97. The number of phenols is 1. The van der Waals surface area contributed by atoms with Crippen molar-refractivity contribution in [2.75, 3.05) is 0 Å². The van der Waals surface area contributed by atoms with E-state index >= 15 is 0 Å². The van der Waals surface area contributed by atoms with Gasteiger partial charge < -0.3 is 10.4 Å². The highest BCUT2D eigenvalue weighted by Crippen LogP contribution is 2.20. The molecule has 1 heterocycles. The smallest absolute Gasteiger partial charge is 0.225 e. The molecule has 0 aliphatic heterocycles. The Kier molecular flexibility index (Phi) is 4.87. The lowest BCUT2D eigenvalue weighted by atomic mass is 10.0. The van der Waals surface area contributed by atoms with Crippen molar-refractivity contribution in [2.45, 2.75) is 12.5 Å². The topological polar surface area (TPSA) is 62.2 Å². The van der Waals surface area contributed by atoms with Crippen LogP contribution in [0, 0.1) is 0 Å². The zero-order valence-corrected chi connectivity index (χ0v) is 13.1. The van der Waals surface area contributed by atoms with Crippen LogP contribution < -0.4 is 5.32 Å². The highest BCUT2D eigenvalue weighted by molar-refractivity contribution is 5.79. The van der Waals surface area contributed by atoms with Gasteiger partial charge in [-0.3, -0.25) is 9.78 Å². The van der Waals surface area contributed by atoms with Crippen LogP contribution in [0.2, 0.25) is 0 Å². The molecule has 3 rings (SSSR count). The van der Waals surface area contributed by atoms with E-state index in [1.54, 1.807) is 30.5 Å². The predicted molar refractivity (Wildman–Crippen MR) is 92.5 cm³/mol. The molecule has 24 heavy (non-hydrogen) atoms. The Hall–Kier alpha value is -3.14. The maximum atomic E-state index is 12.5. The van der Waals surface area contributed by atoms with Crippen molar-refractivity contribution >= 4 is 5.91 Å². The maximum absolute atomic E-state index is 12.5. The van der Waals surface area contributed by atoms with Gasteiger partial charge in [0.25, 0.3) is 0 Å². The molecule has 0 aliphatic carbocycles. The molecule has 4 heteroatoms. The van der Waals surface area contributed by atoms with Gasteiger partial charge in [0.15, 0.2) is 0 Å². The molecule has 0 radical (unpaired) electrons. The summed E-state index contributed by atoms with van der Waals surface area (Å²) < 4.78 is 0. The number of nitrogens with zero attached hydrogens (tertiary/aromatic N) is 1. The van der Waals surface area contributed by atoms with Crippen LogP contribution in [0.5, 0.6) is 5.75 Å². The monoisotopic (exact) mass is 318 g/mol. The van der Waals surface area contributed by atoms with Crippen LogP contribution in [0.3, 0.4) is 0 Å².